The van der Waals surface area contributed by atoms with Crippen molar-refractivity contribution in [3.05, 3.63) is 16.9 Å². The van der Waals surface area contributed by atoms with Crippen LogP contribution < -0.4 is 4.90 Å². The molecule has 0 bridgehead atoms. The van der Waals surface area contributed by atoms with Crippen LogP contribution in [-0.2, 0) is 0 Å². The number of aliphatic hydroxyl groups excluding tert-OH is 1. The van der Waals surface area contributed by atoms with Crippen molar-refractivity contribution in [2.45, 2.75) is 26.7 Å². The number of halogens is 1. The maximum atomic E-state index is 9.26. The van der Waals surface area contributed by atoms with Gasteiger partial charge in [0.2, 0.25) is 5.95 Å². The standard InChI is InChI=1S/C14H22BrN3O/c1-10(9-19)11(2)12-3-5-18(6-4-12)14-16-7-13(15)8-17-14/h7-8,10-12,19H,3-6,9H2,1-2H3. The smallest absolute Gasteiger partial charge is 0.225 e. The monoisotopic (exact) mass is 327 g/mol. The van der Waals surface area contributed by atoms with Crippen LogP contribution in [0.3, 0.4) is 0 Å². The van der Waals surface area contributed by atoms with Crippen molar-refractivity contribution in [3.63, 3.8) is 0 Å². The second-order valence-corrected chi connectivity index (χ2v) is 6.46. The van der Waals surface area contributed by atoms with Crippen LogP contribution in [0.15, 0.2) is 16.9 Å². The average Bonchev–Trinajstić information content (AvgIpc) is 2.46. The van der Waals surface area contributed by atoms with E-state index < -0.39 is 0 Å². The lowest BCUT2D eigenvalue weighted by molar-refractivity contribution is 0.145. The zero-order valence-corrected chi connectivity index (χ0v) is 13.2. The molecule has 4 nitrogen and oxygen atoms in total. The topological polar surface area (TPSA) is 49.2 Å². The Morgan fingerprint density at radius 3 is 2.42 bits per heavy atom. The van der Waals surface area contributed by atoms with Crippen molar-refractivity contribution in [1.29, 1.82) is 0 Å². The molecule has 1 saturated heterocycles. The summed E-state index contributed by atoms with van der Waals surface area (Å²) in [6.07, 6.45) is 5.91. The van der Waals surface area contributed by atoms with Gasteiger partial charge >= 0.3 is 0 Å². The quantitative estimate of drug-likeness (QED) is 0.923. The fraction of sp³-hybridized carbons (Fsp3) is 0.714. The minimum Gasteiger partial charge on any atom is -0.396 e. The van der Waals surface area contributed by atoms with Crippen molar-refractivity contribution >= 4 is 21.9 Å². The van der Waals surface area contributed by atoms with Crippen LogP contribution >= 0.6 is 15.9 Å². The highest BCUT2D eigenvalue weighted by Crippen LogP contribution is 2.30. The van der Waals surface area contributed by atoms with E-state index in [1.54, 1.807) is 12.4 Å². The maximum absolute atomic E-state index is 9.26. The van der Waals surface area contributed by atoms with Crippen molar-refractivity contribution in [1.82, 2.24) is 9.97 Å². The molecule has 0 aromatic carbocycles. The van der Waals surface area contributed by atoms with E-state index in [9.17, 15) is 5.11 Å². The Kier molecular flexibility index (Phi) is 5.16. The van der Waals surface area contributed by atoms with E-state index in [0.29, 0.717) is 17.8 Å². The molecule has 1 aliphatic rings. The molecule has 1 aromatic heterocycles. The summed E-state index contributed by atoms with van der Waals surface area (Å²) in [6, 6.07) is 0. The summed E-state index contributed by atoms with van der Waals surface area (Å²) in [7, 11) is 0. The summed E-state index contributed by atoms with van der Waals surface area (Å²) in [4.78, 5) is 11.0. The lowest BCUT2D eigenvalue weighted by Gasteiger charge is -2.36. The van der Waals surface area contributed by atoms with Crippen LogP contribution in [0.2, 0.25) is 0 Å². The summed E-state index contributed by atoms with van der Waals surface area (Å²) in [5.41, 5.74) is 0. The number of nitrogens with zero attached hydrogens (tertiary/aromatic N) is 3. The molecule has 19 heavy (non-hydrogen) atoms. The number of hydrogen-bond acceptors (Lipinski definition) is 4. The normalized spacial score (nSPS) is 20.3. The van der Waals surface area contributed by atoms with E-state index in [1.165, 1.54) is 0 Å². The number of rotatable bonds is 4. The van der Waals surface area contributed by atoms with E-state index in [4.69, 9.17) is 0 Å². The van der Waals surface area contributed by atoms with Crippen LogP contribution in [0.1, 0.15) is 26.7 Å². The first-order valence-corrected chi connectivity index (χ1v) is 7.74. The number of aliphatic hydroxyl groups is 1. The Morgan fingerprint density at radius 1 is 1.32 bits per heavy atom. The molecule has 2 rings (SSSR count). The molecular weight excluding hydrogens is 306 g/mol. The zero-order valence-electron chi connectivity index (χ0n) is 11.6. The Balaban J connectivity index is 1.90. The van der Waals surface area contributed by atoms with Gasteiger partial charge in [0.1, 0.15) is 0 Å². The van der Waals surface area contributed by atoms with Gasteiger partial charge in [0.05, 0.1) is 4.47 Å². The van der Waals surface area contributed by atoms with Crippen LogP contribution in [0.5, 0.6) is 0 Å². The first-order valence-electron chi connectivity index (χ1n) is 6.95. The summed E-state index contributed by atoms with van der Waals surface area (Å²) >= 11 is 3.35. The molecule has 1 aliphatic heterocycles. The van der Waals surface area contributed by atoms with Crippen LogP contribution in [0, 0.1) is 17.8 Å². The molecule has 0 aliphatic carbocycles. The highest BCUT2D eigenvalue weighted by molar-refractivity contribution is 9.10. The summed E-state index contributed by atoms with van der Waals surface area (Å²) in [5, 5.41) is 9.26. The highest BCUT2D eigenvalue weighted by atomic mass is 79.9. The molecule has 0 amide bonds. The van der Waals surface area contributed by atoms with E-state index in [0.717, 1.165) is 36.4 Å². The minimum absolute atomic E-state index is 0.289. The molecule has 2 atom stereocenters. The fourth-order valence-electron chi connectivity index (χ4n) is 2.72. The second kappa shape index (κ2) is 6.66. The molecule has 0 radical (unpaired) electrons. The highest BCUT2D eigenvalue weighted by Gasteiger charge is 2.27. The van der Waals surface area contributed by atoms with Gasteiger partial charge in [-0.15, -0.1) is 0 Å². The van der Waals surface area contributed by atoms with E-state index >= 15 is 0 Å². The van der Waals surface area contributed by atoms with Crippen molar-refractivity contribution < 1.29 is 5.11 Å². The SMILES string of the molecule is CC(CO)C(C)C1CCN(c2ncc(Br)cn2)CC1. The number of anilines is 1. The van der Waals surface area contributed by atoms with Gasteiger partial charge in [-0.2, -0.15) is 0 Å². The van der Waals surface area contributed by atoms with Gasteiger partial charge in [-0.3, -0.25) is 0 Å². The third-order valence-corrected chi connectivity index (χ3v) is 4.77. The first-order chi connectivity index (χ1) is 9.11. The van der Waals surface area contributed by atoms with Gasteiger partial charge in [-0.05, 0) is 46.5 Å². The number of piperidine rings is 1. The first kappa shape index (κ1) is 14.7. The molecule has 1 N–H and O–H groups in total. The predicted molar refractivity (Wildman–Crippen MR) is 80.1 cm³/mol. The average molecular weight is 328 g/mol. The van der Waals surface area contributed by atoms with E-state index in [-0.39, 0.29) is 6.61 Å². The Hall–Kier alpha value is -0.680. The van der Waals surface area contributed by atoms with Crippen molar-refractivity contribution in [2.75, 3.05) is 24.6 Å². The molecule has 2 heterocycles. The van der Waals surface area contributed by atoms with Gasteiger partial charge in [-0.1, -0.05) is 13.8 Å². The molecule has 5 heteroatoms. The minimum atomic E-state index is 0.289. The van der Waals surface area contributed by atoms with Crippen LogP contribution in [0.25, 0.3) is 0 Å². The van der Waals surface area contributed by atoms with Crippen molar-refractivity contribution in [3.8, 4) is 0 Å². The lowest BCUT2D eigenvalue weighted by Crippen LogP contribution is -2.38. The van der Waals surface area contributed by atoms with Gasteiger partial charge in [0, 0.05) is 32.1 Å². The summed E-state index contributed by atoms with van der Waals surface area (Å²) in [5.74, 6) is 2.50. The van der Waals surface area contributed by atoms with Gasteiger partial charge in [0.25, 0.3) is 0 Å². The van der Waals surface area contributed by atoms with Gasteiger partial charge < -0.3 is 10.0 Å². The molecule has 1 fully saturated rings. The molecule has 2 unspecified atom stereocenters. The van der Waals surface area contributed by atoms with Crippen molar-refractivity contribution in [2.24, 2.45) is 17.8 Å². The van der Waals surface area contributed by atoms with Gasteiger partial charge in [0.15, 0.2) is 0 Å². The molecule has 0 saturated carbocycles. The lowest BCUT2D eigenvalue weighted by atomic mass is 9.79. The fourth-order valence-corrected chi connectivity index (χ4v) is 2.93. The molecule has 0 spiro atoms. The summed E-state index contributed by atoms with van der Waals surface area (Å²) < 4.78 is 0.913. The third-order valence-electron chi connectivity index (χ3n) is 4.36. The van der Waals surface area contributed by atoms with Crippen LogP contribution in [-0.4, -0.2) is 34.8 Å². The second-order valence-electron chi connectivity index (χ2n) is 5.54. The van der Waals surface area contributed by atoms with E-state index in [1.807, 2.05) is 0 Å². The Morgan fingerprint density at radius 2 is 1.89 bits per heavy atom. The summed E-state index contributed by atoms with van der Waals surface area (Å²) in [6.45, 7) is 6.70. The molecule has 1 aromatic rings. The Labute approximate surface area is 123 Å². The third kappa shape index (κ3) is 3.66. The zero-order chi connectivity index (χ0) is 13.8. The molecule has 106 valence electrons. The number of aromatic nitrogens is 2. The largest absolute Gasteiger partial charge is 0.396 e. The predicted octanol–water partition coefficient (Wildman–Crippen LogP) is 2.72. The van der Waals surface area contributed by atoms with E-state index in [2.05, 4.69) is 44.6 Å². The molecular formula is C14H22BrN3O. The maximum Gasteiger partial charge on any atom is 0.225 e. The van der Waals surface area contributed by atoms with Crippen LogP contribution in [0.4, 0.5) is 5.95 Å². The Bertz CT molecular complexity index is 390. The number of hydrogen-bond donors (Lipinski definition) is 1. The van der Waals surface area contributed by atoms with Gasteiger partial charge in [-0.25, -0.2) is 9.97 Å².